The lowest BCUT2D eigenvalue weighted by Crippen LogP contribution is -2.63. The molecule has 2 heterocycles. The third-order valence-electron chi connectivity index (χ3n) is 12.5. The summed E-state index contributed by atoms with van der Waals surface area (Å²) in [6.45, 7) is 11.8. The number of alkyl carbamates (subject to hydrolysis) is 1. The highest BCUT2D eigenvalue weighted by Gasteiger charge is 2.64. The number of carbonyl (C=O) groups excluding carboxylic acids is 6. The Hall–Kier alpha value is -4.71. The number of aldehydes is 1. The first kappa shape index (κ1) is 54.6. The Kier molecular flexibility index (Phi) is 21.2. The third-order valence-corrected chi connectivity index (χ3v) is 12.8. The largest absolute Gasteiger partial charge is 0.495 e. The predicted molar refractivity (Wildman–Crippen MR) is 245 cm³/mol. The zero-order chi connectivity index (χ0) is 48.6. The number of likely N-dealkylation sites (N-methyl/N-ethyl adjacent to an activating group) is 1. The van der Waals surface area contributed by atoms with Crippen molar-refractivity contribution in [2.24, 2.45) is 17.8 Å². The van der Waals surface area contributed by atoms with Crippen molar-refractivity contribution in [1.82, 2.24) is 25.8 Å². The number of rotatable bonds is 26. The van der Waals surface area contributed by atoms with Crippen LogP contribution in [0, 0.1) is 17.8 Å². The van der Waals surface area contributed by atoms with Crippen molar-refractivity contribution < 1.29 is 57.6 Å². The van der Waals surface area contributed by atoms with Crippen LogP contribution in [0.4, 0.5) is 9.59 Å². The number of amides is 5. The van der Waals surface area contributed by atoms with Gasteiger partial charge in [0.25, 0.3) is 0 Å². The summed E-state index contributed by atoms with van der Waals surface area (Å²) in [6, 6.07) is 4.05. The molecular weight excluding hydrogens is 862 g/mol. The normalized spacial score (nSPS) is 23.0. The highest BCUT2D eigenvalue weighted by atomic mass is 35.5. The maximum atomic E-state index is 13.6. The number of aliphatic hydroxyl groups is 1. The van der Waals surface area contributed by atoms with E-state index in [1.165, 1.54) is 33.0 Å². The quantitative estimate of drug-likeness (QED) is 0.0305. The Labute approximate surface area is 389 Å². The molecule has 0 radical (unpaired) electrons. The first-order valence-corrected chi connectivity index (χ1v) is 22.7. The summed E-state index contributed by atoms with van der Waals surface area (Å²) in [5.41, 5.74) is -1.04. The van der Waals surface area contributed by atoms with Crippen LogP contribution in [-0.4, -0.2) is 141 Å². The molecule has 2 aliphatic rings. The van der Waals surface area contributed by atoms with E-state index in [1.807, 2.05) is 39.0 Å². The summed E-state index contributed by atoms with van der Waals surface area (Å²) >= 11 is 6.17. The number of urea groups is 1. The van der Waals surface area contributed by atoms with E-state index in [2.05, 4.69) is 16.0 Å². The average molecular weight is 935 g/mol. The van der Waals surface area contributed by atoms with E-state index in [0.717, 1.165) is 36.7 Å². The average Bonchev–Trinajstić information content (AvgIpc) is 3.97. The number of cyclic esters (lactones) is 1. The Morgan fingerprint density at radius 1 is 1.09 bits per heavy atom. The first-order valence-electron chi connectivity index (χ1n) is 22.3. The van der Waals surface area contributed by atoms with Crippen LogP contribution in [0.2, 0.25) is 5.02 Å². The molecule has 0 aromatic heterocycles. The van der Waals surface area contributed by atoms with Crippen LogP contribution >= 0.6 is 11.6 Å². The van der Waals surface area contributed by atoms with E-state index in [9.17, 15) is 33.9 Å². The molecule has 2 fully saturated rings. The van der Waals surface area contributed by atoms with Gasteiger partial charge in [-0.25, -0.2) is 14.4 Å². The van der Waals surface area contributed by atoms with Crippen LogP contribution in [0.25, 0.3) is 0 Å². The number of esters is 1. The van der Waals surface area contributed by atoms with E-state index < -0.39 is 71.7 Å². The summed E-state index contributed by atoms with van der Waals surface area (Å²) in [6.07, 6.45) is 5.25. The monoisotopic (exact) mass is 933 g/mol. The summed E-state index contributed by atoms with van der Waals surface area (Å²) in [5.74, 6) is -1.40. The molecule has 2 aliphatic heterocycles. The molecule has 18 heteroatoms. The maximum Gasteiger partial charge on any atom is 0.409 e. The molecule has 9 atom stereocenters. The lowest BCUT2D eigenvalue weighted by molar-refractivity contribution is -0.158. The van der Waals surface area contributed by atoms with E-state index in [0.29, 0.717) is 36.7 Å². The Bertz CT molecular complexity index is 1860. The molecule has 2 saturated heterocycles. The zero-order valence-electron chi connectivity index (χ0n) is 39.9. The standard InChI is InChI=1S/C47H72ClN5O12/c1-29(2)34(21-24-54)42(56)52(8)23-15-13-12-14-22-50-44(58)53(9)32(5)43(57)64-39(27-40(55)49-7)46(6)41(65-46)31(4)37-28-47(60,51-45(59)63-37)38(62-11)18-16-17-30(3)25-33-19-20-35(48)36(26-33)61-10/h16-20,24,26,29,31-32,34,37-39,41,60H,12-15,21-23,25,27-28H2,1-11H3,(H,49,55)(H,50,58)(H,51,59)/b18-16+,30-17+. The smallest absolute Gasteiger partial charge is 0.409 e. The lowest BCUT2D eigenvalue weighted by atomic mass is 9.83. The number of epoxide rings is 1. The number of ether oxygens (including phenoxy) is 5. The topological polar surface area (TPSA) is 215 Å². The highest BCUT2D eigenvalue weighted by Crippen LogP contribution is 2.49. The molecule has 4 N–H and O–H groups in total. The van der Waals surface area contributed by atoms with Gasteiger partial charge in [-0.15, -0.1) is 0 Å². The van der Waals surface area contributed by atoms with Crippen LogP contribution < -0.4 is 20.7 Å². The van der Waals surface area contributed by atoms with Crippen molar-refractivity contribution in [3.05, 3.63) is 52.6 Å². The van der Waals surface area contributed by atoms with Crippen molar-refractivity contribution in [2.45, 2.75) is 135 Å². The number of halogens is 1. The van der Waals surface area contributed by atoms with Crippen molar-refractivity contribution in [1.29, 1.82) is 0 Å². The van der Waals surface area contributed by atoms with Crippen LogP contribution in [0.5, 0.6) is 5.75 Å². The lowest BCUT2D eigenvalue weighted by Gasteiger charge is -2.42. The second-order valence-electron chi connectivity index (χ2n) is 17.7. The summed E-state index contributed by atoms with van der Waals surface area (Å²) < 4.78 is 28.7. The number of nitrogens with one attached hydrogen (secondary N) is 3. The van der Waals surface area contributed by atoms with Crippen molar-refractivity contribution in [3.63, 3.8) is 0 Å². The SMILES string of the molecule is CNC(=O)CC(OC(=O)C(C)N(C)C(=O)NCCCCCCN(C)C(=O)C(CC=O)C(C)C)C1(C)OC1C(C)C1CC(O)(C(/C=C/C=C(\C)Cc2ccc(Cl)c(OC)c2)OC)NC(=O)O1. The molecule has 5 amide bonds. The Morgan fingerprint density at radius 2 is 1.78 bits per heavy atom. The molecule has 0 saturated carbocycles. The summed E-state index contributed by atoms with van der Waals surface area (Å²) in [5, 5.41) is 20.2. The second kappa shape index (κ2) is 25.3. The number of carbonyl (C=O) groups is 6. The van der Waals surface area contributed by atoms with Crippen LogP contribution in [0.1, 0.15) is 92.1 Å². The number of benzene rings is 1. The van der Waals surface area contributed by atoms with Gasteiger partial charge in [0.1, 0.15) is 42.0 Å². The minimum absolute atomic E-state index is 0.0309. The highest BCUT2D eigenvalue weighted by molar-refractivity contribution is 6.32. The number of methoxy groups -OCH3 is 2. The first-order chi connectivity index (χ1) is 30.7. The number of hydrogen-bond donors (Lipinski definition) is 4. The molecule has 0 bridgehead atoms. The molecule has 0 aliphatic carbocycles. The van der Waals surface area contributed by atoms with E-state index >= 15 is 0 Å². The summed E-state index contributed by atoms with van der Waals surface area (Å²) in [7, 11) is 7.66. The number of nitrogens with zero attached hydrogens (tertiary/aromatic N) is 2. The van der Waals surface area contributed by atoms with Crippen LogP contribution in [0.15, 0.2) is 42.0 Å². The maximum absolute atomic E-state index is 13.6. The van der Waals surface area contributed by atoms with Crippen molar-refractivity contribution in [2.75, 3.05) is 48.5 Å². The Morgan fingerprint density at radius 3 is 2.42 bits per heavy atom. The van der Waals surface area contributed by atoms with E-state index in [-0.39, 0.29) is 37.0 Å². The minimum Gasteiger partial charge on any atom is -0.495 e. The predicted octanol–water partition coefficient (Wildman–Crippen LogP) is 5.35. The molecular formula is C47H72ClN5O12. The van der Waals surface area contributed by atoms with Gasteiger partial charge in [0.2, 0.25) is 11.8 Å². The third kappa shape index (κ3) is 15.4. The van der Waals surface area contributed by atoms with Gasteiger partial charge in [0.15, 0.2) is 5.72 Å². The fourth-order valence-electron chi connectivity index (χ4n) is 8.00. The van der Waals surface area contributed by atoms with E-state index in [4.69, 9.17) is 35.3 Å². The minimum atomic E-state index is -1.86. The van der Waals surface area contributed by atoms with Gasteiger partial charge in [-0.3, -0.25) is 14.9 Å². The van der Waals surface area contributed by atoms with Gasteiger partial charge in [0.05, 0.1) is 24.7 Å². The van der Waals surface area contributed by atoms with Crippen LogP contribution in [-0.2, 0) is 44.5 Å². The summed E-state index contributed by atoms with van der Waals surface area (Å²) in [4.78, 5) is 78.9. The van der Waals surface area contributed by atoms with Crippen LogP contribution in [0.3, 0.4) is 0 Å². The molecule has 364 valence electrons. The van der Waals surface area contributed by atoms with Crippen molar-refractivity contribution in [3.8, 4) is 5.75 Å². The van der Waals surface area contributed by atoms with E-state index in [1.54, 1.807) is 51.1 Å². The molecule has 3 rings (SSSR count). The Balaban J connectivity index is 1.57. The van der Waals surface area contributed by atoms with Gasteiger partial charge in [-0.1, -0.05) is 75.1 Å². The van der Waals surface area contributed by atoms with Crippen molar-refractivity contribution >= 4 is 47.8 Å². The number of allylic oxidation sites excluding steroid dienone is 3. The van der Waals surface area contributed by atoms with Gasteiger partial charge in [0, 0.05) is 66.0 Å². The second-order valence-corrected chi connectivity index (χ2v) is 18.1. The molecule has 1 aromatic carbocycles. The molecule has 17 nitrogen and oxygen atoms in total. The number of unbranched alkanes of at least 4 members (excludes halogenated alkanes) is 3. The van der Waals surface area contributed by atoms with Gasteiger partial charge >= 0.3 is 18.1 Å². The molecule has 1 aromatic rings. The molecule has 9 unspecified atom stereocenters. The molecule has 0 spiro atoms. The number of hydrogen-bond acceptors (Lipinski definition) is 12. The zero-order valence-corrected chi connectivity index (χ0v) is 40.7. The van der Waals surface area contributed by atoms with Gasteiger partial charge < -0.3 is 54.0 Å². The van der Waals surface area contributed by atoms with Gasteiger partial charge in [-0.2, -0.15) is 0 Å². The van der Waals surface area contributed by atoms with Gasteiger partial charge in [-0.05, 0) is 63.6 Å². The fourth-order valence-corrected chi connectivity index (χ4v) is 8.20. The fraction of sp³-hybridized carbons (Fsp3) is 0.660. The molecule has 65 heavy (non-hydrogen) atoms.